The van der Waals surface area contributed by atoms with Crippen LogP contribution in [0.5, 0.6) is 0 Å². The second-order valence-corrected chi connectivity index (χ2v) is 8.69. The molecule has 4 N–H and O–H groups in total. The molecule has 0 saturated heterocycles. The smallest absolute Gasteiger partial charge is 0.383 e. The van der Waals surface area contributed by atoms with Gasteiger partial charge in [-0.1, -0.05) is 38.8 Å². The number of amides is 1. The molecule has 0 radical (unpaired) electrons. The number of nitriles is 1. The highest BCUT2D eigenvalue weighted by Gasteiger charge is 2.48. The highest BCUT2D eigenvalue weighted by molar-refractivity contribution is 5.98. The van der Waals surface area contributed by atoms with Gasteiger partial charge in [0.05, 0.1) is 18.0 Å². The van der Waals surface area contributed by atoms with Crippen LogP contribution in [-0.2, 0) is 5.41 Å². The van der Waals surface area contributed by atoms with Crippen molar-refractivity contribution < 1.29 is 23.1 Å². The van der Waals surface area contributed by atoms with Gasteiger partial charge in [-0.2, -0.15) is 23.5 Å². The van der Waals surface area contributed by atoms with Crippen LogP contribution in [-0.4, -0.2) is 33.1 Å². The summed E-state index contributed by atoms with van der Waals surface area (Å²) in [6.07, 6.45) is -2.28. The van der Waals surface area contributed by atoms with E-state index in [0.717, 1.165) is 25.7 Å². The fraction of sp³-hybridized carbons (Fsp3) is 0.500. The van der Waals surface area contributed by atoms with Gasteiger partial charge in [-0.3, -0.25) is 9.48 Å². The van der Waals surface area contributed by atoms with Gasteiger partial charge in [0.2, 0.25) is 0 Å². The first-order chi connectivity index (χ1) is 14.9. The summed E-state index contributed by atoms with van der Waals surface area (Å²) in [4.78, 5) is 11.9. The topological polar surface area (TPSA) is 117 Å². The van der Waals surface area contributed by atoms with Crippen LogP contribution in [0.15, 0.2) is 30.5 Å². The van der Waals surface area contributed by atoms with Crippen molar-refractivity contribution in [3.63, 3.8) is 0 Å². The highest BCUT2D eigenvalue weighted by atomic mass is 19.4. The fourth-order valence-corrected chi connectivity index (χ4v) is 4.10. The van der Waals surface area contributed by atoms with Crippen LogP contribution in [0.4, 0.5) is 24.7 Å². The first-order valence-corrected chi connectivity index (χ1v) is 10.4. The van der Waals surface area contributed by atoms with Crippen LogP contribution in [0.25, 0.3) is 0 Å². The summed E-state index contributed by atoms with van der Waals surface area (Å²) in [5.74, 6) is -0.685. The third-order valence-electron chi connectivity index (χ3n) is 6.12. The molecule has 1 saturated carbocycles. The van der Waals surface area contributed by atoms with Crippen molar-refractivity contribution in [2.24, 2.45) is 11.7 Å². The minimum atomic E-state index is -4.75. The van der Waals surface area contributed by atoms with Crippen molar-refractivity contribution in [2.45, 2.75) is 63.3 Å². The second kappa shape index (κ2) is 8.82. The van der Waals surface area contributed by atoms with E-state index in [0.29, 0.717) is 11.3 Å². The highest BCUT2D eigenvalue weighted by Crippen LogP contribution is 2.37. The largest absolute Gasteiger partial charge is 0.415 e. The van der Waals surface area contributed by atoms with E-state index in [1.54, 1.807) is 16.8 Å². The van der Waals surface area contributed by atoms with E-state index in [9.17, 15) is 28.3 Å². The van der Waals surface area contributed by atoms with Crippen molar-refractivity contribution in [1.29, 1.82) is 5.26 Å². The van der Waals surface area contributed by atoms with Gasteiger partial charge < -0.3 is 16.2 Å². The first kappa shape index (κ1) is 23.6. The number of benzene rings is 1. The number of nitrogens with zero attached hydrogens (tertiary/aromatic N) is 3. The summed E-state index contributed by atoms with van der Waals surface area (Å²) in [5.41, 5.74) is 4.89. The quantitative estimate of drug-likeness (QED) is 0.612. The fourth-order valence-electron chi connectivity index (χ4n) is 4.10. The monoisotopic (exact) mass is 449 g/mol. The number of alkyl halides is 3. The van der Waals surface area contributed by atoms with Gasteiger partial charge in [0.25, 0.3) is 5.91 Å². The Morgan fingerprint density at radius 2 is 1.91 bits per heavy atom. The lowest BCUT2D eigenvalue weighted by Crippen LogP contribution is -2.44. The number of hydrogen-bond acceptors (Lipinski definition) is 5. The number of aliphatic hydroxyl groups is 1. The van der Waals surface area contributed by atoms with Gasteiger partial charge in [0.15, 0.2) is 11.9 Å². The molecule has 2 aromatic rings. The van der Waals surface area contributed by atoms with Crippen molar-refractivity contribution in [2.75, 3.05) is 5.32 Å². The van der Waals surface area contributed by atoms with E-state index < -0.39 is 23.6 Å². The van der Waals surface area contributed by atoms with Crippen molar-refractivity contribution >= 4 is 17.4 Å². The maximum absolute atomic E-state index is 13.0. The Bertz CT molecular complexity index is 1010. The minimum Gasteiger partial charge on any atom is -0.383 e. The average Bonchev–Trinajstić information content (AvgIpc) is 3.16. The lowest BCUT2D eigenvalue weighted by atomic mass is 9.79. The molecular weight excluding hydrogens is 423 g/mol. The zero-order valence-corrected chi connectivity index (χ0v) is 17.9. The Kier molecular flexibility index (Phi) is 6.51. The van der Waals surface area contributed by atoms with E-state index in [4.69, 9.17) is 5.73 Å². The lowest BCUT2D eigenvalue weighted by molar-refractivity contribution is -0.221. The lowest BCUT2D eigenvalue weighted by Gasteiger charge is -2.32. The molecule has 10 heteroatoms. The van der Waals surface area contributed by atoms with Crippen LogP contribution < -0.4 is 11.1 Å². The van der Waals surface area contributed by atoms with Crippen LogP contribution in [0.3, 0.4) is 0 Å². The van der Waals surface area contributed by atoms with E-state index in [-0.39, 0.29) is 23.3 Å². The molecule has 0 bridgehead atoms. The molecule has 0 aliphatic heterocycles. The molecule has 32 heavy (non-hydrogen) atoms. The zero-order chi connectivity index (χ0) is 23.7. The number of carbonyl (C=O) groups is 1. The van der Waals surface area contributed by atoms with Gasteiger partial charge in [-0.15, -0.1) is 0 Å². The number of halogens is 3. The molecule has 1 aromatic heterocycles. The van der Waals surface area contributed by atoms with Crippen molar-refractivity contribution in [1.82, 2.24) is 9.78 Å². The number of aliphatic hydroxyl groups excluding tert-OH is 1. The second-order valence-electron chi connectivity index (χ2n) is 8.69. The summed E-state index contributed by atoms with van der Waals surface area (Å²) in [6, 6.07) is 8.19. The van der Waals surface area contributed by atoms with Gasteiger partial charge in [-0.25, -0.2) is 0 Å². The molecule has 1 aliphatic carbocycles. The summed E-state index contributed by atoms with van der Waals surface area (Å²) in [6.45, 7) is 2.63. The molecule has 1 amide bonds. The Hall–Kier alpha value is -3.06. The van der Waals surface area contributed by atoms with Gasteiger partial charge in [0, 0.05) is 17.3 Å². The number of aromatic nitrogens is 2. The predicted molar refractivity (Wildman–Crippen MR) is 112 cm³/mol. The third kappa shape index (κ3) is 4.72. The van der Waals surface area contributed by atoms with E-state index in [1.807, 2.05) is 0 Å². The summed E-state index contributed by atoms with van der Waals surface area (Å²) in [5, 5.41) is 26.6. The van der Waals surface area contributed by atoms with Crippen LogP contribution in [0.1, 0.15) is 61.5 Å². The molecular formula is C22H26F3N5O2. The van der Waals surface area contributed by atoms with Crippen LogP contribution >= 0.6 is 0 Å². The Balaban J connectivity index is 1.85. The Labute approximate surface area is 184 Å². The molecule has 0 unspecified atom stereocenters. The zero-order valence-electron chi connectivity index (χ0n) is 17.9. The van der Waals surface area contributed by atoms with Crippen molar-refractivity contribution in [3.8, 4) is 6.07 Å². The van der Waals surface area contributed by atoms with Gasteiger partial charge in [-0.05, 0) is 30.5 Å². The van der Waals surface area contributed by atoms with E-state index in [1.165, 1.54) is 32.2 Å². The maximum atomic E-state index is 13.0. The van der Waals surface area contributed by atoms with Gasteiger partial charge in [0.1, 0.15) is 5.56 Å². The number of primary amides is 1. The summed E-state index contributed by atoms with van der Waals surface area (Å²) < 4.78 is 40.6. The molecule has 172 valence electrons. The third-order valence-corrected chi connectivity index (χ3v) is 6.12. The van der Waals surface area contributed by atoms with Crippen LogP contribution in [0.2, 0.25) is 0 Å². The van der Waals surface area contributed by atoms with Gasteiger partial charge >= 0.3 is 6.18 Å². The molecule has 3 rings (SSSR count). The number of rotatable bonds is 6. The molecule has 1 heterocycles. The number of carbonyl (C=O) groups excluding carboxylic acids is 1. The minimum absolute atomic E-state index is 0.157. The first-order valence-electron chi connectivity index (χ1n) is 10.4. The molecule has 3 atom stereocenters. The average molecular weight is 449 g/mol. The number of nitrogens with two attached hydrogens (primary N) is 1. The summed E-state index contributed by atoms with van der Waals surface area (Å²) in [7, 11) is 0. The molecule has 1 aromatic carbocycles. The van der Waals surface area contributed by atoms with Crippen LogP contribution in [0, 0.1) is 17.2 Å². The molecule has 1 aliphatic rings. The SMILES string of the molecule is CC(C)(c1ccc(Nc2nn([C@@H]3CCCC[C@H]3C#N)cc2C(N)=O)cc1)[C@H](O)C(F)(F)F. The Morgan fingerprint density at radius 1 is 1.28 bits per heavy atom. The van der Waals surface area contributed by atoms with E-state index >= 15 is 0 Å². The normalized spacial score (nSPS) is 20.4. The molecule has 0 spiro atoms. The predicted octanol–water partition coefficient (Wildman–Crippen LogP) is 4.18. The number of nitrogens with one attached hydrogen (secondary N) is 1. The molecule has 1 fully saturated rings. The van der Waals surface area contributed by atoms with E-state index in [2.05, 4.69) is 16.5 Å². The summed E-state index contributed by atoms with van der Waals surface area (Å²) >= 11 is 0. The maximum Gasteiger partial charge on any atom is 0.415 e. The standard InChI is InChI=1S/C22H26F3N5O2/c1-21(2,20(32)22(23,24)25)14-7-9-15(10-8-14)28-19-16(18(27)31)12-30(29-19)17-6-4-3-5-13(17)11-26/h7-10,12-13,17,20,32H,3-6H2,1-2H3,(H2,27,31)(H,28,29)/t13-,17+,20-/m0/s1. The number of hydrogen-bond donors (Lipinski definition) is 3. The van der Waals surface area contributed by atoms with Crippen molar-refractivity contribution in [3.05, 3.63) is 41.6 Å². The number of anilines is 2. The Morgan fingerprint density at radius 3 is 2.47 bits per heavy atom. The molecule has 7 nitrogen and oxygen atoms in total.